The van der Waals surface area contributed by atoms with E-state index in [9.17, 15) is 14.9 Å². The number of rotatable bonds is 7. The van der Waals surface area contributed by atoms with Crippen LogP contribution in [-0.4, -0.2) is 23.1 Å². The number of amidine groups is 1. The lowest BCUT2D eigenvalue weighted by molar-refractivity contribution is -0.384. The van der Waals surface area contributed by atoms with Crippen molar-refractivity contribution in [2.75, 3.05) is 7.11 Å². The first kappa shape index (κ1) is 26.0. The molecule has 3 aromatic carbocycles. The average Bonchev–Trinajstić information content (AvgIpc) is 3.19. The van der Waals surface area contributed by atoms with Gasteiger partial charge in [0, 0.05) is 12.1 Å². The molecule has 1 heterocycles. The maximum Gasteiger partial charge on any atom is 0.269 e. The number of halogens is 3. The van der Waals surface area contributed by atoms with Crippen LogP contribution < -0.4 is 14.8 Å². The van der Waals surface area contributed by atoms with E-state index in [2.05, 4.69) is 26.2 Å². The lowest BCUT2D eigenvalue weighted by atomic mass is 10.1. The molecule has 0 radical (unpaired) electrons. The number of nitrogens with zero attached hydrogens (tertiary/aromatic N) is 2. The highest BCUT2D eigenvalue weighted by Gasteiger charge is 2.25. The summed E-state index contributed by atoms with van der Waals surface area (Å²) in [5, 5.41) is 14.6. The largest absolute Gasteiger partial charge is 0.493 e. The summed E-state index contributed by atoms with van der Waals surface area (Å²) in [6.07, 6.45) is 1.70. The number of non-ortho nitro benzene ring substituents is 1. The first-order chi connectivity index (χ1) is 17.2. The minimum atomic E-state index is -0.457. The smallest absolute Gasteiger partial charge is 0.269 e. The molecule has 1 N–H and O–H groups in total. The molecule has 1 aliphatic heterocycles. The Labute approximate surface area is 228 Å². The molecule has 3 aromatic rings. The third-order valence-corrected chi connectivity index (χ3v) is 7.19. The Morgan fingerprint density at radius 3 is 2.64 bits per heavy atom. The second-order valence-corrected chi connectivity index (χ2v) is 9.97. The fraction of sp³-hybridized carbons (Fsp3) is 0.0833. The van der Waals surface area contributed by atoms with Gasteiger partial charge in [0.15, 0.2) is 16.7 Å². The average molecular weight is 609 g/mol. The number of ether oxygens (including phenoxy) is 2. The fourth-order valence-corrected chi connectivity index (χ4v) is 4.90. The molecule has 4 rings (SSSR count). The predicted molar refractivity (Wildman–Crippen MR) is 145 cm³/mol. The number of carbonyl (C=O) groups excluding carboxylic acids is 1. The minimum absolute atomic E-state index is 0.00703. The van der Waals surface area contributed by atoms with Crippen LogP contribution in [0.1, 0.15) is 11.1 Å². The highest BCUT2D eigenvalue weighted by atomic mass is 79.9. The summed E-state index contributed by atoms with van der Waals surface area (Å²) in [4.78, 5) is 27.7. The first-order valence-corrected chi connectivity index (χ1v) is 12.6. The summed E-state index contributed by atoms with van der Waals surface area (Å²) < 4.78 is 12.0. The van der Waals surface area contributed by atoms with Crippen LogP contribution in [0.4, 0.5) is 11.4 Å². The number of hydrogen-bond donors (Lipinski definition) is 1. The number of benzene rings is 3. The molecule has 1 aliphatic rings. The SMILES string of the molecule is COc1cc(/C=C2/SC(=Nc3cccc(Cl)c3Cl)NC2=O)cc(Br)c1OCc1ccc([N+](=O)[O-])cc1. The van der Waals surface area contributed by atoms with Crippen molar-refractivity contribution in [2.45, 2.75) is 6.61 Å². The second-order valence-electron chi connectivity index (χ2n) is 7.30. The van der Waals surface area contributed by atoms with Crippen LogP contribution in [0.5, 0.6) is 11.5 Å². The molecule has 12 heteroatoms. The van der Waals surface area contributed by atoms with Crippen molar-refractivity contribution >= 4 is 79.4 Å². The van der Waals surface area contributed by atoms with Crippen LogP contribution in [-0.2, 0) is 11.4 Å². The van der Waals surface area contributed by atoms with E-state index in [1.54, 1.807) is 48.5 Å². The van der Waals surface area contributed by atoms with Crippen molar-refractivity contribution in [3.05, 3.63) is 95.3 Å². The molecule has 1 fully saturated rings. The molecule has 184 valence electrons. The zero-order chi connectivity index (χ0) is 25.8. The van der Waals surface area contributed by atoms with Gasteiger partial charge in [-0.25, -0.2) is 4.99 Å². The van der Waals surface area contributed by atoms with Crippen molar-refractivity contribution in [1.82, 2.24) is 5.32 Å². The summed E-state index contributed by atoms with van der Waals surface area (Å²) in [5.74, 6) is 0.603. The normalized spacial score (nSPS) is 15.3. The molecule has 1 amide bonds. The summed E-state index contributed by atoms with van der Waals surface area (Å²) in [5.41, 5.74) is 1.91. The number of methoxy groups -OCH3 is 1. The number of nitrogens with one attached hydrogen (secondary N) is 1. The molecule has 0 spiro atoms. The Morgan fingerprint density at radius 1 is 1.19 bits per heavy atom. The number of carbonyl (C=O) groups is 1. The third kappa shape index (κ3) is 6.01. The van der Waals surface area contributed by atoms with Gasteiger partial charge in [0.2, 0.25) is 0 Å². The summed E-state index contributed by atoms with van der Waals surface area (Å²) >= 11 is 16.9. The van der Waals surface area contributed by atoms with Crippen LogP contribution in [0, 0.1) is 10.1 Å². The maximum atomic E-state index is 12.5. The number of aliphatic imine (C=N–C) groups is 1. The first-order valence-electron chi connectivity index (χ1n) is 10.2. The number of amides is 1. The zero-order valence-electron chi connectivity index (χ0n) is 18.5. The highest BCUT2D eigenvalue weighted by Crippen LogP contribution is 2.39. The topological polar surface area (TPSA) is 103 Å². The van der Waals surface area contributed by atoms with E-state index >= 15 is 0 Å². The molecule has 0 aromatic heterocycles. The molecule has 0 saturated carbocycles. The molecule has 0 aliphatic carbocycles. The Morgan fingerprint density at radius 2 is 1.94 bits per heavy atom. The van der Waals surface area contributed by atoms with Gasteiger partial charge >= 0.3 is 0 Å². The standard InChI is InChI=1S/C24H16BrCl2N3O5S/c1-34-19-10-14(9-16(25)22(19)35-12-13-5-7-15(8-6-13)30(32)33)11-20-23(31)29-24(36-20)28-18-4-2-3-17(26)21(18)27/h2-11H,12H2,1H3,(H,28,29,31)/b20-11+. The van der Waals surface area contributed by atoms with Crippen LogP contribution in [0.15, 0.2) is 69.0 Å². The molecule has 1 saturated heterocycles. The molecule has 36 heavy (non-hydrogen) atoms. The van der Waals surface area contributed by atoms with Crippen LogP contribution >= 0.6 is 50.9 Å². The number of nitro groups is 1. The minimum Gasteiger partial charge on any atom is -0.493 e. The summed E-state index contributed by atoms with van der Waals surface area (Å²) in [6.45, 7) is 0.178. The molecule has 0 atom stereocenters. The van der Waals surface area contributed by atoms with Crippen LogP contribution in [0.2, 0.25) is 10.0 Å². The van der Waals surface area contributed by atoms with Gasteiger partial charge in [0.05, 0.1) is 37.1 Å². The van der Waals surface area contributed by atoms with Crippen molar-refractivity contribution in [3.8, 4) is 11.5 Å². The van der Waals surface area contributed by atoms with Gasteiger partial charge < -0.3 is 14.8 Å². The van der Waals surface area contributed by atoms with Gasteiger partial charge in [-0.05, 0) is 81.3 Å². The van der Waals surface area contributed by atoms with Crippen molar-refractivity contribution in [1.29, 1.82) is 0 Å². The van der Waals surface area contributed by atoms with E-state index in [1.165, 1.54) is 31.0 Å². The van der Waals surface area contributed by atoms with E-state index in [0.29, 0.717) is 47.3 Å². The van der Waals surface area contributed by atoms with Gasteiger partial charge in [-0.1, -0.05) is 29.3 Å². The lowest BCUT2D eigenvalue weighted by Gasteiger charge is -2.14. The molecular weight excluding hydrogens is 593 g/mol. The number of hydrogen-bond acceptors (Lipinski definition) is 7. The summed E-state index contributed by atoms with van der Waals surface area (Å²) in [7, 11) is 1.51. The third-order valence-electron chi connectivity index (χ3n) is 4.88. The monoisotopic (exact) mass is 607 g/mol. The Hall–Kier alpha value is -3.05. The Kier molecular flexibility index (Phi) is 8.20. The quantitative estimate of drug-likeness (QED) is 0.174. The van der Waals surface area contributed by atoms with Gasteiger partial charge in [0.25, 0.3) is 11.6 Å². The molecule has 8 nitrogen and oxygen atoms in total. The number of nitro benzene ring substituents is 1. The van der Waals surface area contributed by atoms with E-state index in [-0.39, 0.29) is 18.2 Å². The lowest BCUT2D eigenvalue weighted by Crippen LogP contribution is -2.19. The zero-order valence-corrected chi connectivity index (χ0v) is 22.4. The van der Waals surface area contributed by atoms with Gasteiger partial charge in [0.1, 0.15) is 6.61 Å². The van der Waals surface area contributed by atoms with E-state index in [4.69, 9.17) is 32.7 Å². The van der Waals surface area contributed by atoms with E-state index in [0.717, 1.165) is 5.56 Å². The van der Waals surface area contributed by atoms with E-state index < -0.39 is 4.92 Å². The van der Waals surface area contributed by atoms with Gasteiger partial charge in [-0.15, -0.1) is 0 Å². The van der Waals surface area contributed by atoms with Gasteiger partial charge in [-0.3, -0.25) is 14.9 Å². The van der Waals surface area contributed by atoms with Crippen molar-refractivity contribution in [2.24, 2.45) is 4.99 Å². The number of thioether (sulfide) groups is 1. The Bertz CT molecular complexity index is 1410. The highest BCUT2D eigenvalue weighted by molar-refractivity contribution is 9.10. The molecule has 0 unspecified atom stereocenters. The van der Waals surface area contributed by atoms with Crippen LogP contribution in [0.25, 0.3) is 6.08 Å². The molecular formula is C24H16BrCl2N3O5S. The summed E-state index contributed by atoms with van der Waals surface area (Å²) in [6, 6.07) is 14.7. The fourth-order valence-electron chi connectivity index (χ4n) is 3.15. The molecule has 0 bridgehead atoms. The van der Waals surface area contributed by atoms with Crippen LogP contribution in [0.3, 0.4) is 0 Å². The van der Waals surface area contributed by atoms with Crippen molar-refractivity contribution < 1.29 is 19.2 Å². The Balaban J connectivity index is 1.52. The second kappa shape index (κ2) is 11.3. The maximum absolute atomic E-state index is 12.5. The van der Waals surface area contributed by atoms with Gasteiger partial charge in [-0.2, -0.15) is 0 Å². The van der Waals surface area contributed by atoms with Crippen molar-refractivity contribution in [3.63, 3.8) is 0 Å². The predicted octanol–water partition coefficient (Wildman–Crippen LogP) is 7.14. The van der Waals surface area contributed by atoms with E-state index in [1.807, 2.05) is 0 Å².